The van der Waals surface area contributed by atoms with Crippen LogP contribution < -0.4 is 35.3 Å². The molecular formula is C44H41Cl2Zr. The molecule has 0 nitrogen and oxygen atoms in total. The van der Waals surface area contributed by atoms with Gasteiger partial charge in [-0.2, -0.15) is 0 Å². The van der Waals surface area contributed by atoms with E-state index in [4.69, 9.17) is 0 Å². The van der Waals surface area contributed by atoms with E-state index in [9.17, 15) is 0 Å². The van der Waals surface area contributed by atoms with Crippen LogP contribution in [0.3, 0.4) is 0 Å². The summed E-state index contributed by atoms with van der Waals surface area (Å²) in [6.07, 6.45) is 6.50. The Labute approximate surface area is 312 Å². The maximum absolute atomic E-state index is 4.00. The van der Waals surface area contributed by atoms with Gasteiger partial charge in [-0.3, -0.25) is 0 Å². The van der Waals surface area contributed by atoms with Gasteiger partial charge in [0.05, 0.1) is 0 Å². The zero-order valence-electron chi connectivity index (χ0n) is 28.3. The van der Waals surface area contributed by atoms with Gasteiger partial charge in [-0.1, -0.05) is 167 Å². The Hall–Kier alpha value is -2.96. The number of benzene rings is 5. The average molecular weight is 732 g/mol. The average Bonchev–Trinajstić information content (AvgIpc) is 3.54. The van der Waals surface area contributed by atoms with Crippen LogP contribution in [0.4, 0.5) is 0 Å². The first-order valence-electron chi connectivity index (χ1n) is 15.9. The van der Waals surface area contributed by atoms with Gasteiger partial charge in [-0.25, -0.2) is 0 Å². The van der Waals surface area contributed by atoms with Gasteiger partial charge in [-0.15, -0.1) is 34.1 Å². The molecule has 1 atom stereocenters. The van der Waals surface area contributed by atoms with Gasteiger partial charge in [0.1, 0.15) is 0 Å². The Balaban J connectivity index is 0.00000167. The van der Waals surface area contributed by atoms with Crippen molar-refractivity contribution in [3.8, 4) is 11.1 Å². The largest absolute Gasteiger partial charge is 3.00 e. The monoisotopic (exact) mass is 729 g/mol. The van der Waals surface area contributed by atoms with Gasteiger partial charge in [0, 0.05) is 5.92 Å². The zero-order valence-corrected chi connectivity index (χ0v) is 32.3. The molecule has 3 heteroatoms. The van der Waals surface area contributed by atoms with E-state index in [0.29, 0.717) is 0 Å². The number of hydrogen-bond donors (Lipinski definition) is 0. The van der Waals surface area contributed by atoms with E-state index in [1.165, 1.54) is 77.2 Å². The summed E-state index contributed by atoms with van der Waals surface area (Å²) in [5.41, 5.74) is 15.7. The van der Waals surface area contributed by atoms with Crippen molar-refractivity contribution in [1.29, 1.82) is 0 Å². The fourth-order valence-electron chi connectivity index (χ4n) is 7.33. The molecule has 0 spiro atoms. The Bertz CT molecular complexity index is 2030. The number of fused-ring (bicyclic) bond motifs is 4. The Morgan fingerprint density at radius 1 is 0.617 bits per heavy atom. The van der Waals surface area contributed by atoms with E-state index in [-0.39, 0.29) is 67.8 Å². The summed E-state index contributed by atoms with van der Waals surface area (Å²) in [6.45, 7) is 16.3. The summed E-state index contributed by atoms with van der Waals surface area (Å²) in [7, 11) is 0. The predicted octanol–water partition coefficient (Wildman–Crippen LogP) is 3.77. The third-order valence-electron chi connectivity index (χ3n) is 9.39. The van der Waals surface area contributed by atoms with Crippen LogP contribution in [-0.4, -0.2) is 0 Å². The summed E-state index contributed by atoms with van der Waals surface area (Å²) < 4.78 is 0. The molecular weight excluding hydrogens is 691 g/mol. The summed E-state index contributed by atoms with van der Waals surface area (Å²) >= 11 is 0. The molecule has 0 aromatic heterocycles. The molecule has 2 aliphatic carbocycles. The molecule has 0 heterocycles. The molecule has 0 amide bonds. The maximum Gasteiger partial charge on any atom is 3.00 e. The fourth-order valence-corrected chi connectivity index (χ4v) is 7.33. The van der Waals surface area contributed by atoms with Crippen molar-refractivity contribution in [2.75, 3.05) is 0 Å². The van der Waals surface area contributed by atoms with Crippen molar-refractivity contribution in [3.05, 3.63) is 170 Å². The third-order valence-corrected chi connectivity index (χ3v) is 9.39. The fraction of sp³-hybridized carbons (Fsp3) is 0.227. The minimum Gasteiger partial charge on any atom is -1.00 e. The first-order valence-corrected chi connectivity index (χ1v) is 15.9. The van der Waals surface area contributed by atoms with Crippen LogP contribution in [0.1, 0.15) is 98.9 Å². The number of allylic oxidation sites excluding steroid dienone is 2. The van der Waals surface area contributed by atoms with Crippen molar-refractivity contribution in [3.63, 3.8) is 0 Å². The number of rotatable bonds is 3. The van der Waals surface area contributed by atoms with Gasteiger partial charge >= 0.3 is 26.2 Å². The first-order chi connectivity index (χ1) is 21.0. The number of hydrogen-bond acceptors (Lipinski definition) is 0. The van der Waals surface area contributed by atoms with Gasteiger partial charge < -0.3 is 24.8 Å². The molecule has 7 rings (SSSR count). The molecule has 1 unspecified atom stereocenters. The molecule has 5 aromatic rings. The van der Waals surface area contributed by atoms with E-state index in [0.717, 1.165) is 0 Å². The van der Waals surface area contributed by atoms with Crippen molar-refractivity contribution in [1.82, 2.24) is 0 Å². The van der Waals surface area contributed by atoms with Crippen LogP contribution >= 0.6 is 0 Å². The van der Waals surface area contributed by atoms with Crippen LogP contribution in [0.2, 0.25) is 0 Å². The quantitative estimate of drug-likeness (QED) is 0.244. The van der Waals surface area contributed by atoms with Crippen molar-refractivity contribution < 1.29 is 51.0 Å². The Kier molecular flexibility index (Phi) is 10.9. The Morgan fingerprint density at radius 3 is 1.77 bits per heavy atom. The SMILES string of the molecule is CC1=CC(c2c(C(C)(C)C)c(=C(c3ccccc3)c3ccccc3)cc3c2=[C-]c2cc(C(C)(C)C)ccc2-3)c2ccccc21.[Cl-].[Cl-].[Zr+3]. The standard InChI is InChI=1S/C44H41.2ClH.Zr/c1-28-24-37(35-21-15-14-20-33(28)35)41-38-26-31-25-32(43(2,3)4)22-23-34(31)36(38)27-39(42(41)44(5,6)7)40(29-16-10-8-11-17-29)30-18-12-9-13-19-30;;;/h8-25,27,37H,1-7H3;2*1H;/q-1;;;+3/p-2. The number of halogens is 2. The van der Waals surface area contributed by atoms with Crippen LogP contribution in [0, 0.1) is 0 Å². The summed E-state index contributed by atoms with van der Waals surface area (Å²) in [6, 6.07) is 40.4. The van der Waals surface area contributed by atoms with Crippen LogP contribution in [0.5, 0.6) is 0 Å². The molecule has 47 heavy (non-hydrogen) atoms. The molecule has 1 radical (unpaired) electrons. The molecule has 235 valence electrons. The first kappa shape index (κ1) is 36.9. The molecule has 5 aromatic carbocycles. The smallest absolute Gasteiger partial charge is 1.00 e. The van der Waals surface area contributed by atoms with E-state index in [1.807, 2.05) is 0 Å². The van der Waals surface area contributed by atoms with Crippen molar-refractivity contribution in [2.45, 2.75) is 65.2 Å². The summed E-state index contributed by atoms with van der Waals surface area (Å²) in [4.78, 5) is 0. The topological polar surface area (TPSA) is 0 Å². The predicted molar refractivity (Wildman–Crippen MR) is 187 cm³/mol. The van der Waals surface area contributed by atoms with Crippen LogP contribution in [0.15, 0.2) is 115 Å². The normalized spacial score (nSPS) is 14.3. The molecule has 0 N–H and O–H groups in total. The van der Waals surface area contributed by atoms with E-state index >= 15 is 0 Å². The van der Waals surface area contributed by atoms with Crippen LogP contribution in [-0.2, 0) is 37.0 Å². The summed E-state index contributed by atoms with van der Waals surface area (Å²) in [5.74, 6) is 0.158. The molecule has 0 aliphatic heterocycles. The second-order valence-electron chi connectivity index (χ2n) is 14.5. The second kappa shape index (κ2) is 13.9. The molecule has 0 saturated heterocycles. The van der Waals surface area contributed by atoms with Crippen molar-refractivity contribution >= 4 is 17.2 Å². The van der Waals surface area contributed by atoms with Gasteiger partial charge in [0.2, 0.25) is 0 Å². The van der Waals surface area contributed by atoms with Gasteiger partial charge in [0.25, 0.3) is 0 Å². The molecule has 0 saturated carbocycles. The van der Waals surface area contributed by atoms with Crippen molar-refractivity contribution in [2.24, 2.45) is 0 Å². The van der Waals surface area contributed by atoms with E-state index in [1.54, 1.807) is 0 Å². The maximum atomic E-state index is 4.00. The van der Waals surface area contributed by atoms with Gasteiger partial charge in [-0.05, 0) is 56.4 Å². The molecule has 2 aliphatic rings. The minimum atomic E-state index is -0.124. The Morgan fingerprint density at radius 2 is 1.19 bits per heavy atom. The molecule has 0 fully saturated rings. The van der Waals surface area contributed by atoms with E-state index < -0.39 is 0 Å². The third kappa shape index (κ3) is 6.57. The molecule has 0 bridgehead atoms. The zero-order chi connectivity index (χ0) is 30.8. The summed E-state index contributed by atoms with van der Waals surface area (Å²) in [5, 5.41) is 2.57. The van der Waals surface area contributed by atoms with Crippen LogP contribution in [0.25, 0.3) is 28.3 Å². The van der Waals surface area contributed by atoms with Gasteiger partial charge in [0.15, 0.2) is 0 Å². The minimum absolute atomic E-state index is 0. The van der Waals surface area contributed by atoms with E-state index in [2.05, 4.69) is 170 Å². The second-order valence-corrected chi connectivity index (χ2v) is 14.5.